The normalized spacial score (nSPS) is 9.54. The first kappa shape index (κ1) is 9.71. The Morgan fingerprint density at radius 3 is 3.08 bits per heavy atom. The van der Waals surface area contributed by atoms with Crippen LogP contribution in [0.4, 0.5) is 0 Å². The molecule has 1 rings (SSSR count). The lowest BCUT2D eigenvalue weighted by atomic mass is 10.1. The number of ether oxygens (including phenoxy) is 1. The number of aromatic nitrogens is 1. The molecule has 1 aromatic rings. The zero-order chi connectivity index (χ0) is 9.36. The molecule has 1 aromatic heterocycles. The Labute approximate surface area is 77.8 Å². The van der Waals surface area contributed by atoms with Gasteiger partial charge in [-0.3, -0.25) is 4.98 Å². The number of nitrogens with zero attached hydrogens (tertiary/aromatic N) is 1. The molecule has 1 radical (unpaired) electrons. The highest BCUT2D eigenvalue weighted by Gasteiger charge is 1.92. The van der Waals surface area contributed by atoms with E-state index in [1.54, 1.807) is 6.20 Å². The van der Waals surface area contributed by atoms with Crippen molar-refractivity contribution in [3.05, 3.63) is 30.1 Å². The quantitative estimate of drug-likeness (QED) is 0.619. The van der Waals surface area contributed by atoms with Gasteiger partial charge in [-0.1, -0.05) is 6.07 Å². The number of unbranched alkanes of at least 4 members (excludes halogenated alkanes) is 1. The molecule has 0 saturated carbocycles. The van der Waals surface area contributed by atoms with E-state index in [1.807, 2.05) is 18.3 Å². The van der Waals surface area contributed by atoms with E-state index >= 15 is 0 Å². The molecule has 0 N–H and O–H groups in total. The number of carbonyl (C=O) groups excluding carboxylic acids is 1. The highest BCUT2D eigenvalue weighted by molar-refractivity contribution is 5.37. The minimum atomic E-state index is 0.462. The van der Waals surface area contributed by atoms with Gasteiger partial charge in [-0.2, -0.15) is 0 Å². The van der Waals surface area contributed by atoms with Gasteiger partial charge in [0.1, 0.15) is 0 Å². The van der Waals surface area contributed by atoms with Crippen molar-refractivity contribution in [2.45, 2.75) is 19.3 Å². The molecule has 0 bridgehead atoms. The summed E-state index contributed by atoms with van der Waals surface area (Å²) in [6.07, 6.45) is 6.48. The fourth-order valence-corrected chi connectivity index (χ4v) is 1.09. The van der Waals surface area contributed by atoms with Gasteiger partial charge in [0, 0.05) is 12.4 Å². The third-order valence-electron chi connectivity index (χ3n) is 1.74. The van der Waals surface area contributed by atoms with E-state index in [0.29, 0.717) is 6.61 Å². The molecular formula is C10H12NO2. The number of rotatable bonds is 6. The van der Waals surface area contributed by atoms with E-state index in [9.17, 15) is 4.79 Å². The largest absolute Gasteiger partial charge is 0.457 e. The number of hydrogen-bond donors (Lipinski definition) is 0. The molecule has 0 amide bonds. The number of hydrogen-bond acceptors (Lipinski definition) is 3. The van der Waals surface area contributed by atoms with Crippen LogP contribution < -0.4 is 0 Å². The summed E-state index contributed by atoms with van der Waals surface area (Å²) in [5.41, 5.74) is 1.22. The predicted molar refractivity (Wildman–Crippen MR) is 48.8 cm³/mol. The second kappa shape index (κ2) is 6.17. The maximum Gasteiger partial charge on any atom is 0.417 e. The van der Waals surface area contributed by atoms with Crippen LogP contribution in [0.15, 0.2) is 24.5 Å². The van der Waals surface area contributed by atoms with Gasteiger partial charge in [0.25, 0.3) is 0 Å². The topological polar surface area (TPSA) is 39.2 Å². The Kier molecular flexibility index (Phi) is 4.61. The predicted octanol–water partition coefficient (Wildman–Crippen LogP) is 1.49. The standard InChI is InChI=1S/C10H12NO2/c12-9-13-7-2-1-4-10-5-3-6-11-8-10/h3,5-6,8H,1-2,4,7H2. The molecule has 1 heterocycles. The van der Waals surface area contributed by atoms with E-state index in [0.717, 1.165) is 19.3 Å². The lowest BCUT2D eigenvalue weighted by Crippen LogP contribution is -1.93. The van der Waals surface area contributed by atoms with Crippen molar-refractivity contribution in [1.29, 1.82) is 0 Å². The second-order valence-electron chi connectivity index (χ2n) is 2.75. The molecule has 0 saturated heterocycles. The first-order chi connectivity index (χ1) is 6.43. The maximum atomic E-state index is 9.68. The first-order valence-corrected chi connectivity index (χ1v) is 4.31. The molecule has 0 aliphatic heterocycles. The van der Waals surface area contributed by atoms with Crippen molar-refractivity contribution >= 4 is 6.47 Å². The lowest BCUT2D eigenvalue weighted by Gasteiger charge is -1.99. The fraction of sp³-hybridized carbons (Fsp3) is 0.400. The van der Waals surface area contributed by atoms with E-state index in [2.05, 4.69) is 9.72 Å². The zero-order valence-corrected chi connectivity index (χ0v) is 7.40. The average molecular weight is 178 g/mol. The molecular weight excluding hydrogens is 166 g/mol. The van der Waals surface area contributed by atoms with Gasteiger partial charge in [-0.25, -0.2) is 4.79 Å². The van der Waals surface area contributed by atoms with Gasteiger partial charge in [-0.15, -0.1) is 0 Å². The molecule has 0 aliphatic carbocycles. The monoisotopic (exact) mass is 178 g/mol. The zero-order valence-electron chi connectivity index (χ0n) is 7.40. The summed E-state index contributed by atoms with van der Waals surface area (Å²) in [4.78, 5) is 13.7. The van der Waals surface area contributed by atoms with Crippen LogP contribution in [0.3, 0.4) is 0 Å². The van der Waals surface area contributed by atoms with Crippen LogP contribution in [0.2, 0.25) is 0 Å². The summed E-state index contributed by atoms with van der Waals surface area (Å²) in [5.74, 6) is 0. The van der Waals surface area contributed by atoms with Crippen LogP contribution in [0, 0.1) is 0 Å². The van der Waals surface area contributed by atoms with E-state index < -0.39 is 0 Å². The Bertz CT molecular complexity index is 236. The summed E-state index contributed by atoms with van der Waals surface area (Å²) in [6, 6.07) is 3.96. The Balaban J connectivity index is 2.10. The van der Waals surface area contributed by atoms with Crippen molar-refractivity contribution in [1.82, 2.24) is 4.98 Å². The molecule has 3 heteroatoms. The minimum absolute atomic E-state index is 0.462. The van der Waals surface area contributed by atoms with Gasteiger partial charge in [0.05, 0.1) is 6.61 Å². The highest BCUT2D eigenvalue weighted by Crippen LogP contribution is 2.02. The number of aryl methyl sites for hydroxylation is 1. The molecule has 0 atom stereocenters. The van der Waals surface area contributed by atoms with Gasteiger partial charge in [-0.05, 0) is 30.9 Å². The molecule has 69 valence electrons. The third-order valence-corrected chi connectivity index (χ3v) is 1.74. The fourth-order valence-electron chi connectivity index (χ4n) is 1.09. The van der Waals surface area contributed by atoms with E-state index in [1.165, 1.54) is 12.0 Å². The van der Waals surface area contributed by atoms with Crippen LogP contribution in [-0.4, -0.2) is 18.1 Å². The van der Waals surface area contributed by atoms with Gasteiger partial charge in [0.15, 0.2) is 0 Å². The summed E-state index contributed by atoms with van der Waals surface area (Å²) in [7, 11) is 0. The molecule has 13 heavy (non-hydrogen) atoms. The summed E-state index contributed by atoms with van der Waals surface area (Å²) >= 11 is 0. The van der Waals surface area contributed by atoms with Crippen LogP contribution in [0.25, 0.3) is 0 Å². The second-order valence-corrected chi connectivity index (χ2v) is 2.75. The Morgan fingerprint density at radius 1 is 1.46 bits per heavy atom. The van der Waals surface area contributed by atoms with Crippen LogP contribution in [-0.2, 0) is 16.0 Å². The van der Waals surface area contributed by atoms with Crippen LogP contribution >= 0.6 is 0 Å². The van der Waals surface area contributed by atoms with E-state index in [-0.39, 0.29) is 0 Å². The summed E-state index contributed by atoms with van der Waals surface area (Å²) in [6.45, 7) is 1.87. The molecule has 0 aliphatic rings. The molecule has 0 aromatic carbocycles. The SMILES string of the molecule is O=[C]OCCCCc1cccnc1. The highest BCUT2D eigenvalue weighted by atomic mass is 16.5. The Hall–Kier alpha value is -1.38. The van der Waals surface area contributed by atoms with Gasteiger partial charge in [0.2, 0.25) is 0 Å². The van der Waals surface area contributed by atoms with Gasteiger partial charge >= 0.3 is 6.47 Å². The van der Waals surface area contributed by atoms with Crippen molar-refractivity contribution in [2.24, 2.45) is 0 Å². The Morgan fingerprint density at radius 2 is 2.38 bits per heavy atom. The van der Waals surface area contributed by atoms with Crippen molar-refractivity contribution < 1.29 is 9.53 Å². The summed E-state index contributed by atoms with van der Waals surface area (Å²) in [5, 5.41) is 0. The smallest absolute Gasteiger partial charge is 0.417 e. The average Bonchev–Trinajstić information content (AvgIpc) is 2.19. The lowest BCUT2D eigenvalue weighted by molar-refractivity contribution is 0.270. The van der Waals surface area contributed by atoms with Crippen molar-refractivity contribution in [3.63, 3.8) is 0 Å². The third kappa shape index (κ3) is 4.25. The van der Waals surface area contributed by atoms with Crippen LogP contribution in [0.5, 0.6) is 0 Å². The van der Waals surface area contributed by atoms with Gasteiger partial charge < -0.3 is 4.74 Å². The summed E-state index contributed by atoms with van der Waals surface area (Å²) < 4.78 is 4.45. The maximum absolute atomic E-state index is 9.68. The van der Waals surface area contributed by atoms with Crippen molar-refractivity contribution in [2.75, 3.05) is 6.61 Å². The molecule has 0 unspecified atom stereocenters. The first-order valence-electron chi connectivity index (χ1n) is 4.31. The molecule has 0 spiro atoms. The minimum Gasteiger partial charge on any atom is -0.457 e. The number of pyridine rings is 1. The molecule has 0 fully saturated rings. The van der Waals surface area contributed by atoms with E-state index in [4.69, 9.17) is 0 Å². The van der Waals surface area contributed by atoms with Crippen LogP contribution in [0.1, 0.15) is 18.4 Å². The van der Waals surface area contributed by atoms with Crippen molar-refractivity contribution in [3.8, 4) is 0 Å². The molecule has 3 nitrogen and oxygen atoms in total.